The van der Waals surface area contributed by atoms with E-state index in [2.05, 4.69) is 5.32 Å². The first-order valence-corrected chi connectivity index (χ1v) is 11.2. The maximum atomic E-state index is 12.9. The zero-order valence-electron chi connectivity index (χ0n) is 18.8. The van der Waals surface area contributed by atoms with Gasteiger partial charge in [0.2, 0.25) is 5.91 Å². The normalized spacial score (nSPS) is 13.7. The van der Waals surface area contributed by atoms with Crippen molar-refractivity contribution in [1.82, 2.24) is 5.32 Å². The first kappa shape index (κ1) is 25.1. The van der Waals surface area contributed by atoms with Gasteiger partial charge in [-0.15, -0.1) is 0 Å². The van der Waals surface area contributed by atoms with Crippen LogP contribution in [-0.2, 0) is 20.8 Å². The van der Waals surface area contributed by atoms with Gasteiger partial charge in [-0.2, -0.15) is 0 Å². The number of hydrogen-bond acceptors (Lipinski definition) is 3. The molecule has 2 aromatic rings. The Kier molecular flexibility index (Phi) is 9.92. The summed E-state index contributed by atoms with van der Waals surface area (Å²) in [5.41, 5.74) is 3.17. The molecule has 0 aliphatic carbocycles. The predicted octanol–water partition coefficient (Wildman–Crippen LogP) is 4.77. The summed E-state index contributed by atoms with van der Waals surface area (Å²) < 4.78 is 0. The van der Waals surface area contributed by atoms with Crippen molar-refractivity contribution in [3.05, 3.63) is 60.2 Å². The minimum atomic E-state index is -1.01. The van der Waals surface area contributed by atoms with E-state index in [1.165, 1.54) is 0 Å². The summed E-state index contributed by atoms with van der Waals surface area (Å²) in [6.45, 7) is 3.61. The van der Waals surface area contributed by atoms with Gasteiger partial charge in [-0.1, -0.05) is 81.3 Å². The standard InChI is InChI=1S/C26H33NO5/c1-3-4-8-22(17-24(28)29)25(30)27-23(15-18(2)26(31)32)16-19-11-13-21(14-12-19)20-9-6-5-7-10-20/h5-7,9-14,18,22-23H,3-4,8,15-17H2,1-2H3,(H,27,30)(H,28,29)(H,31,32)/t18-,22-,23+/m1/s1. The van der Waals surface area contributed by atoms with Gasteiger partial charge in [-0.3, -0.25) is 14.4 Å². The number of benzene rings is 2. The lowest BCUT2D eigenvalue weighted by Gasteiger charge is -2.24. The van der Waals surface area contributed by atoms with Crippen molar-refractivity contribution in [2.24, 2.45) is 11.8 Å². The maximum Gasteiger partial charge on any atom is 0.306 e. The van der Waals surface area contributed by atoms with E-state index in [1.807, 2.05) is 61.5 Å². The number of unbranched alkanes of at least 4 members (excludes halogenated alkanes) is 1. The Morgan fingerprint density at radius 1 is 0.938 bits per heavy atom. The molecule has 6 heteroatoms. The summed E-state index contributed by atoms with van der Waals surface area (Å²) in [6.07, 6.45) is 2.67. The summed E-state index contributed by atoms with van der Waals surface area (Å²) in [7, 11) is 0. The van der Waals surface area contributed by atoms with Crippen molar-refractivity contribution in [2.75, 3.05) is 0 Å². The largest absolute Gasteiger partial charge is 0.481 e. The minimum absolute atomic E-state index is 0.223. The molecule has 3 N–H and O–H groups in total. The Hall–Kier alpha value is -3.15. The fourth-order valence-electron chi connectivity index (χ4n) is 3.78. The van der Waals surface area contributed by atoms with Crippen LogP contribution in [0.5, 0.6) is 0 Å². The van der Waals surface area contributed by atoms with E-state index in [4.69, 9.17) is 0 Å². The molecular weight excluding hydrogens is 406 g/mol. The highest BCUT2D eigenvalue weighted by Gasteiger charge is 2.26. The Morgan fingerprint density at radius 2 is 1.56 bits per heavy atom. The molecule has 0 heterocycles. The lowest BCUT2D eigenvalue weighted by Crippen LogP contribution is -2.42. The minimum Gasteiger partial charge on any atom is -0.481 e. The number of hydrogen-bond donors (Lipinski definition) is 3. The number of carboxylic acids is 2. The highest BCUT2D eigenvalue weighted by atomic mass is 16.4. The molecule has 0 bridgehead atoms. The van der Waals surface area contributed by atoms with Gasteiger partial charge >= 0.3 is 11.9 Å². The van der Waals surface area contributed by atoms with Gasteiger partial charge in [0.25, 0.3) is 0 Å². The smallest absolute Gasteiger partial charge is 0.306 e. The van der Waals surface area contributed by atoms with Crippen LogP contribution in [0.2, 0.25) is 0 Å². The molecule has 0 aromatic heterocycles. The second-order valence-electron chi connectivity index (χ2n) is 8.38. The van der Waals surface area contributed by atoms with Crippen LogP contribution in [0.3, 0.4) is 0 Å². The van der Waals surface area contributed by atoms with Crippen LogP contribution in [-0.4, -0.2) is 34.1 Å². The van der Waals surface area contributed by atoms with Gasteiger partial charge in [0.1, 0.15) is 0 Å². The van der Waals surface area contributed by atoms with Gasteiger partial charge in [0.15, 0.2) is 0 Å². The number of carbonyl (C=O) groups is 3. The topological polar surface area (TPSA) is 104 Å². The Bertz CT molecular complexity index is 879. The Morgan fingerprint density at radius 3 is 2.12 bits per heavy atom. The van der Waals surface area contributed by atoms with E-state index >= 15 is 0 Å². The van der Waals surface area contributed by atoms with E-state index in [0.29, 0.717) is 12.8 Å². The third kappa shape index (κ3) is 8.17. The van der Waals surface area contributed by atoms with Gasteiger partial charge in [-0.05, 0) is 36.0 Å². The van der Waals surface area contributed by atoms with Crippen molar-refractivity contribution in [1.29, 1.82) is 0 Å². The number of amides is 1. The van der Waals surface area contributed by atoms with Crippen LogP contribution in [0.15, 0.2) is 54.6 Å². The molecule has 6 nitrogen and oxygen atoms in total. The lowest BCUT2D eigenvalue weighted by atomic mass is 9.93. The van der Waals surface area contributed by atoms with Gasteiger partial charge in [0, 0.05) is 12.0 Å². The summed E-state index contributed by atoms with van der Waals surface area (Å²) in [4.78, 5) is 35.5. The number of carboxylic acid groups (broad SMARTS) is 2. The third-order valence-electron chi connectivity index (χ3n) is 5.65. The number of aliphatic carboxylic acids is 2. The highest BCUT2D eigenvalue weighted by molar-refractivity contribution is 5.83. The molecule has 0 unspecified atom stereocenters. The second kappa shape index (κ2) is 12.6. The number of nitrogens with one attached hydrogen (secondary N) is 1. The van der Waals surface area contributed by atoms with Gasteiger partial charge in [0.05, 0.1) is 12.3 Å². The monoisotopic (exact) mass is 439 g/mol. The Balaban J connectivity index is 2.14. The lowest BCUT2D eigenvalue weighted by molar-refractivity contribution is -0.142. The van der Waals surface area contributed by atoms with E-state index < -0.39 is 29.8 Å². The molecule has 0 spiro atoms. The molecule has 32 heavy (non-hydrogen) atoms. The average molecular weight is 440 g/mol. The summed E-state index contributed by atoms with van der Waals surface area (Å²) in [5.74, 6) is -3.48. The molecule has 2 aromatic carbocycles. The molecule has 3 atom stereocenters. The van der Waals surface area contributed by atoms with E-state index in [1.54, 1.807) is 6.92 Å². The van der Waals surface area contributed by atoms with Crippen LogP contribution in [0.1, 0.15) is 51.5 Å². The van der Waals surface area contributed by atoms with Crippen LogP contribution >= 0.6 is 0 Å². The van der Waals surface area contributed by atoms with E-state index in [0.717, 1.165) is 29.5 Å². The molecule has 0 saturated carbocycles. The number of carbonyl (C=O) groups excluding carboxylic acids is 1. The summed E-state index contributed by atoms with van der Waals surface area (Å²) in [6, 6.07) is 17.6. The zero-order valence-corrected chi connectivity index (χ0v) is 18.8. The van der Waals surface area contributed by atoms with E-state index in [-0.39, 0.29) is 18.7 Å². The van der Waals surface area contributed by atoms with Crippen LogP contribution < -0.4 is 5.32 Å². The van der Waals surface area contributed by atoms with Crippen molar-refractivity contribution < 1.29 is 24.6 Å². The predicted molar refractivity (Wildman–Crippen MR) is 124 cm³/mol. The fourth-order valence-corrected chi connectivity index (χ4v) is 3.78. The maximum absolute atomic E-state index is 12.9. The molecule has 0 radical (unpaired) electrons. The summed E-state index contributed by atoms with van der Waals surface area (Å²) in [5, 5.41) is 21.5. The summed E-state index contributed by atoms with van der Waals surface area (Å²) >= 11 is 0. The van der Waals surface area contributed by atoms with Crippen molar-refractivity contribution in [3.8, 4) is 11.1 Å². The zero-order chi connectivity index (χ0) is 23.5. The van der Waals surface area contributed by atoms with Crippen LogP contribution in [0.25, 0.3) is 11.1 Å². The molecule has 0 fully saturated rings. The average Bonchev–Trinajstić information content (AvgIpc) is 2.77. The quantitative estimate of drug-likeness (QED) is 0.417. The van der Waals surface area contributed by atoms with Crippen molar-refractivity contribution in [2.45, 2.75) is 58.4 Å². The Labute approximate surface area is 189 Å². The SMILES string of the molecule is CCCC[C@H](CC(=O)O)C(=O)N[C@H](Cc1ccc(-c2ccccc2)cc1)C[C@@H](C)C(=O)O. The molecule has 2 rings (SSSR count). The molecule has 172 valence electrons. The molecular formula is C26H33NO5. The number of rotatable bonds is 13. The van der Waals surface area contributed by atoms with Crippen molar-refractivity contribution >= 4 is 17.8 Å². The first-order valence-electron chi connectivity index (χ1n) is 11.2. The van der Waals surface area contributed by atoms with Crippen molar-refractivity contribution in [3.63, 3.8) is 0 Å². The fraction of sp³-hybridized carbons (Fsp3) is 0.423. The molecule has 0 saturated heterocycles. The van der Waals surface area contributed by atoms with Crippen LogP contribution in [0, 0.1) is 11.8 Å². The first-order chi connectivity index (χ1) is 15.3. The third-order valence-corrected chi connectivity index (χ3v) is 5.65. The van der Waals surface area contributed by atoms with E-state index in [9.17, 15) is 24.6 Å². The molecule has 0 aliphatic rings. The van der Waals surface area contributed by atoms with Gasteiger partial charge < -0.3 is 15.5 Å². The second-order valence-corrected chi connectivity index (χ2v) is 8.38. The molecule has 0 aliphatic heterocycles. The van der Waals surface area contributed by atoms with Gasteiger partial charge in [-0.25, -0.2) is 0 Å². The van der Waals surface area contributed by atoms with Crippen LogP contribution in [0.4, 0.5) is 0 Å². The molecule has 1 amide bonds. The highest BCUT2D eigenvalue weighted by Crippen LogP contribution is 2.21.